The summed E-state index contributed by atoms with van der Waals surface area (Å²) in [6, 6.07) is 18.8. The SMILES string of the molecule is O=C(NC(Cc1ccccc1)C(O)CBr)OCc1ccccc1. The van der Waals surface area contributed by atoms with Crippen molar-refractivity contribution in [2.45, 2.75) is 25.2 Å². The van der Waals surface area contributed by atoms with Crippen LogP contribution >= 0.6 is 15.9 Å². The minimum absolute atomic E-state index is 0.204. The molecule has 0 spiro atoms. The maximum absolute atomic E-state index is 12.0. The minimum atomic E-state index is -0.695. The van der Waals surface area contributed by atoms with Gasteiger partial charge in [0, 0.05) is 5.33 Å². The summed E-state index contributed by atoms with van der Waals surface area (Å²) in [4.78, 5) is 12.0. The number of aliphatic hydroxyl groups is 1. The number of nitrogens with one attached hydrogen (secondary N) is 1. The van der Waals surface area contributed by atoms with E-state index in [4.69, 9.17) is 4.74 Å². The lowest BCUT2D eigenvalue weighted by Gasteiger charge is -2.22. The largest absolute Gasteiger partial charge is 0.445 e. The highest BCUT2D eigenvalue weighted by Crippen LogP contribution is 2.09. The van der Waals surface area contributed by atoms with Gasteiger partial charge in [0.05, 0.1) is 12.1 Å². The van der Waals surface area contributed by atoms with Crippen LogP contribution in [0.5, 0.6) is 0 Å². The summed E-state index contributed by atoms with van der Waals surface area (Å²) in [6.07, 6.45) is -0.692. The van der Waals surface area contributed by atoms with E-state index in [1.165, 1.54) is 0 Å². The highest BCUT2D eigenvalue weighted by Gasteiger charge is 2.21. The number of carbonyl (C=O) groups excluding carboxylic acids is 1. The second-order valence-electron chi connectivity index (χ2n) is 5.22. The van der Waals surface area contributed by atoms with Crippen LogP contribution in [-0.2, 0) is 17.8 Å². The van der Waals surface area contributed by atoms with Crippen LogP contribution in [0.15, 0.2) is 60.7 Å². The molecule has 0 bridgehead atoms. The fourth-order valence-corrected chi connectivity index (χ4v) is 2.63. The van der Waals surface area contributed by atoms with Gasteiger partial charge in [0.1, 0.15) is 6.61 Å². The van der Waals surface area contributed by atoms with E-state index < -0.39 is 18.2 Å². The molecule has 2 N–H and O–H groups in total. The summed E-state index contributed by atoms with van der Waals surface area (Å²) in [6.45, 7) is 0.204. The van der Waals surface area contributed by atoms with Gasteiger partial charge in [-0.15, -0.1) is 0 Å². The zero-order valence-corrected chi connectivity index (χ0v) is 14.3. The Bertz CT molecular complexity index is 592. The molecule has 0 aliphatic rings. The Hall–Kier alpha value is -1.85. The maximum Gasteiger partial charge on any atom is 0.407 e. The Morgan fingerprint density at radius 1 is 1.04 bits per heavy atom. The fraction of sp³-hybridized carbons (Fsp3) is 0.278. The Balaban J connectivity index is 1.90. The van der Waals surface area contributed by atoms with Crippen LogP contribution in [0.3, 0.4) is 0 Å². The van der Waals surface area contributed by atoms with E-state index in [0.717, 1.165) is 11.1 Å². The topological polar surface area (TPSA) is 58.6 Å². The van der Waals surface area contributed by atoms with Crippen LogP contribution < -0.4 is 5.32 Å². The first-order chi connectivity index (χ1) is 11.2. The molecule has 0 saturated carbocycles. The Labute approximate surface area is 144 Å². The molecule has 23 heavy (non-hydrogen) atoms. The van der Waals surface area contributed by atoms with Crippen molar-refractivity contribution in [3.05, 3.63) is 71.8 Å². The van der Waals surface area contributed by atoms with Gasteiger partial charge in [-0.05, 0) is 17.5 Å². The lowest BCUT2D eigenvalue weighted by atomic mass is 10.0. The number of alkyl carbamates (subject to hydrolysis) is 1. The van der Waals surface area contributed by atoms with Crippen molar-refractivity contribution < 1.29 is 14.6 Å². The molecule has 4 nitrogen and oxygen atoms in total. The summed E-state index contributed by atoms with van der Waals surface area (Å²) in [5, 5.41) is 13.2. The number of alkyl halides is 1. The Kier molecular flexibility index (Phi) is 7.10. The van der Waals surface area contributed by atoms with Crippen molar-refractivity contribution in [3.8, 4) is 0 Å². The molecule has 5 heteroatoms. The third-order valence-corrected chi connectivity index (χ3v) is 4.10. The molecule has 0 aromatic heterocycles. The van der Waals surface area contributed by atoms with E-state index in [1.807, 2.05) is 60.7 Å². The van der Waals surface area contributed by atoms with E-state index in [1.54, 1.807) is 0 Å². The Morgan fingerprint density at radius 3 is 2.17 bits per heavy atom. The number of carbonyl (C=O) groups is 1. The van der Waals surface area contributed by atoms with Crippen LogP contribution in [0.4, 0.5) is 4.79 Å². The molecule has 0 fully saturated rings. The molecule has 2 atom stereocenters. The number of ether oxygens (including phenoxy) is 1. The average molecular weight is 378 g/mol. The lowest BCUT2D eigenvalue weighted by molar-refractivity contribution is 0.111. The number of benzene rings is 2. The summed E-state index contributed by atoms with van der Waals surface area (Å²) in [5.41, 5.74) is 1.96. The van der Waals surface area contributed by atoms with Gasteiger partial charge in [-0.3, -0.25) is 0 Å². The molecule has 0 saturated heterocycles. The van der Waals surface area contributed by atoms with Gasteiger partial charge in [0.15, 0.2) is 0 Å². The number of rotatable bonds is 7. The summed E-state index contributed by atoms with van der Waals surface area (Å²) < 4.78 is 5.21. The van der Waals surface area contributed by atoms with Gasteiger partial charge in [0.25, 0.3) is 0 Å². The lowest BCUT2D eigenvalue weighted by Crippen LogP contribution is -2.45. The Morgan fingerprint density at radius 2 is 1.61 bits per heavy atom. The molecule has 2 unspecified atom stereocenters. The minimum Gasteiger partial charge on any atom is -0.445 e. The van der Waals surface area contributed by atoms with Crippen LogP contribution in [0, 0.1) is 0 Å². The van der Waals surface area contributed by atoms with Crippen molar-refractivity contribution in [1.29, 1.82) is 0 Å². The number of aliphatic hydroxyl groups excluding tert-OH is 1. The third-order valence-electron chi connectivity index (χ3n) is 3.44. The van der Waals surface area contributed by atoms with Crippen LogP contribution in [0.1, 0.15) is 11.1 Å². The standard InChI is InChI=1S/C18H20BrNO3/c19-12-17(21)16(11-14-7-3-1-4-8-14)20-18(22)23-13-15-9-5-2-6-10-15/h1-10,16-17,21H,11-13H2,(H,20,22). The van der Waals surface area contributed by atoms with Gasteiger partial charge in [-0.25, -0.2) is 4.79 Å². The van der Waals surface area contributed by atoms with E-state index in [9.17, 15) is 9.90 Å². The van der Waals surface area contributed by atoms with E-state index in [-0.39, 0.29) is 6.61 Å². The van der Waals surface area contributed by atoms with Gasteiger partial charge < -0.3 is 15.2 Å². The van der Waals surface area contributed by atoms with E-state index in [0.29, 0.717) is 11.8 Å². The van der Waals surface area contributed by atoms with Gasteiger partial charge in [-0.1, -0.05) is 76.6 Å². The van der Waals surface area contributed by atoms with E-state index >= 15 is 0 Å². The number of amides is 1. The second-order valence-corrected chi connectivity index (χ2v) is 5.87. The fourth-order valence-electron chi connectivity index (χ4n) is 2.17. The highest BCUT2D eigenvalue weighted by molar-refractivity contribution is 9.09. The molecule has 2 aromatic rings. The normalized spacial score (nSPS) is 13.1. The monoisotopic (exact) mass is 377 g/mol. The summed E-state index contributed by atoms with van der Waals surface area (Å²) in [7, 11) is 0. The first kappa shape index (κ1) is 17.5. The number of hydrogen-bond acceptors (Lipinski definition) is 3. The first-order valence-corrected chi connectivity index (χ1v) is 8.56. The van der Waals surface area contributed by atoms with Gasteiger partial charge in [0.2, 0.25) is 0 Å². The van der Waals surface area contributed by atoms with Gasteiger partial charge >= 0.3 is 6.09 Å². The quantitative estimate of drug-likeness (QED) is 0.727. The predicted octanol–water partition coefficient (Wildman–Crippen LogP) is 3.28. The molecule has 0 aliphatic heterocycles. The summed E-state index contributed by atoms with van der Waals surface area (Å²) >= 11 is 3.25. The highest BCUT2D eigenvalue weighted by atomic mass is 79.9. The van der Waals surface area contributed by atoms with Crippen LogP contribution in [-0.4, -0.2) is 28.7 Å². The predicted molar refractivity (Wildman–Crippen MR) is 93.5 cm³/mol. The molecule has 2 aromatic carbocycles. The molecular formula is C18H20BrNO3. The van der Waals surface area contributed by atoms with Crippen LogP contribution in [0.2, 0.25) is 0 Å². The average Bonchev–Trinajstić information content (AvgIpc) is 2.60. The smallest absolute Gasteiger partial charge is 0.407 e. The number of halogens is 1. The van der Waals surface area contributed by atoms with Crippen molar-refractivity contribution in [3.63, 3.8) is 0 Å². The first-order valence-electron chi connectivity index (χ1n) is 7.44. The summed E-state index contributed by atoms with van der Waals surface area (Å²) in [5.74, 6) is 0. The zero-order valence-electron chi connectivity index (χ0n) is 12.7. The molecule has 0 radical (unpaired) electrons. The number of hydrogen-bond donors (Lipinski definition) is 2. The van der Waals surface area contributed by atoms with Crippen LogP contribution in [0.25, 0.3) is 0 Å². The van der Waals surface area contributed by atoms with Crippen molar-refractivity contribution in [2.75, 3.05) is 5.33 Å². The van der Waals surface area contributed by atoms with Crippen molar-refractivity contribution >= 4 is 22.0 Å². The van der Waals surface area contributed by atoms with Gasteiger partial charge in [-0.2, -0.15) is 0 Å². The molecule has 2 rings (SSSR count). The second kappa shape index (κ2) is 9.33. The molecule has 0 aliphatic carbocycles. The van der Waals surface area contributed by atoms with Crippen molar-refractivity contribution in [1.82, 2.24) is 5.32 Å². The third kappa shape index (κ3) is 6.04. The molecule has 1 amide bonds. The van der Waals surface area contributed by atoms with E-state index in [2.05, 4.69) is 21.2 Å². The maximum atomic E-state index is 12.0. The van der Waals surface area contributed by atoms with Crippen molar-refractivity contribution in [2.24, 2.45) is 0 Å². The molecule has 122 valence electrons. The zero-order chi connectivity index (χ0) is 16.5. The molecular weight excluding hydrogens is 358 g/mol. The molecule has 0 heterocycles.